The van der Waals surface area contributed by atoms with Crippen LogP contribution in [0.2, 0.25) is 0 Å². The Kier molecular flexibility index (Phi) is 13.4. The summed E-state index contributed by atoms with van der Waals surface area (Å²) >= 11 is -5.09. The van der Waals surface area contributed by atoms with Gasteiger partial charge in [-0.1, -0.05) is 19.9 Å². The van der Waals surface area contributed by atoms with E-state index in [4.69, 9.17) is 17.7 Å². The van der Waals surface area contributed by atoms with Crippen LogP contribution in [0.15, 0.2) is 30.0 Å². The second-order valence-corrected chi connectivity index (χ2v) is 12.9. The minimum absolute atomic E-state index is 0.111. The Morgan fingerprint density at radius 2 is 1.80 bits per heavy atom. The van der Waals surface area contributed by atoms with E-state index in [0.717, 1.165) is 38.1 Å². The first-order valence-corrected chi connectivity index (χ1v) is 16.6. The number of hydrogen-bond donors (Lipinski definition) is 6. The van der Waals surface area contributed by atoms with Gasteiger partial charge in [-0.2, -0.15) is 0 Å². The Balaban J connectivity index is 0.000000319. The number of hydrogen-bond acceptors (Lipinski definition) is 8. The SMILES string of the molecule is CC(=O)Nc1ccc([As](=O)(O)O)c(O)c1.CCC(CC)OC1CC(NC(=O)CN2CCOCC2)=CC(C(=O)O)C1. The summed E-state index contributed by atoms with van der Waals surface area (Å²) in [5.41, 5.74) is 0.945. The molecule has 14 heteroatoms. The molecule has 0 bridgehead atoms. The molecule has 1 saturated heterocycles. The maximum Gasteiger partial charge on any atom is 0.310 e. The zero-order chi connectivity index (χ0) is 29.9. The number of carboxylic acids is 1. The molecule has 1 aromatic rings. The number of phenolic OH excluding ortho intramolecular Hbond substituents is 1. The number of nitrogens with zero attached hydrogens (tertiary/aromatic N) is 1. The minimum atomic E-state index is -5.09. The molecule has 1 aliphatic heterocycles. The third-order valence-corrected chi connectivity index (χ3v) is 8.47. The zero-order valence-electron chi connectivity index (χ0n) is 23.0. The van der Waals surface area contributed by atoms with E-state index in [1.807, 2.05) is 4.90 Å². The van der Waals surface area contributed by atoms with Crippen LogP contribution in [0.3, 0.4) is 0 Å². The van der Waals surface area contributed by atoms with Crippen LogP contribution in [-0.2, 0) is 27.6 Å². The van der Waals surface area contributed by atoms with Gasteiger partial charge < -0.3 is 19.9 Å². The third kappa shape index (κ3) is 11.4. The molecular weight excluding hydrogens is 589 g/mol. The zero-order valence-corrected chi connectivity index (χ0v) is 24.9. The Bertz CT molecular complexity index is 1100. The van der Waals surface area contributed by atoms with Crippen LogP contribution in [0.1, 0.15) is 46.5 Å². The summed E-state index contributed by atoms with van der Waals surface area (Å²) in [7, 11) is 0. The molecule has 40 heavy (non-hydrogen) atoms. The van der Waals surface area contributed by atoms with Gasteiger partial charge in [0.25, 0.3) is 0 Å². The maximum absolute atomic E-state index is 12.3. The number of carboxylic acid groups (broad SMARTS) is 1. The molecule has 2 aliphatic rings. The number of anilines is 1. The van der Waals surface area contributed by atoms with Crippen molar-refractivity contribution in [2.45, 2.75) is 58.7 Å². The summed E-state index contributed by atoms with van der Waals surface area (Å²) in [6.45, 7) is 8.48. The number of carbonyl (C=O) groups excluding carboxylic acids is 2. The van der Waals surface area contributed by atoms with Crippen LogP contribution >= 0.6 is 0 Å². The van der Waals surface area contributed by atoms with Crippen LogP contribution in [0.5, 0.6) is 5.75 Å². The summed E-state index contributed by atoms with van der Waals surface area (Å²) in [6, 6.07) is 3.51. The monoisotopic (exact) mass is 629 g/mol. The molecule has 1 fully saturated rings. The van der Waals surface area contributed by atoms with Crippen LogP contribution in [0.25, 0.3) is 0 Å². The first-order chi connectivity index (χ1) is 18.8. The second kappa shape index (κ2) is 15.9. The predicted octanol–water partition coefficient (Wildman–Crippen LogP) is 0.299. The van der Waals surface area contributed by atoms with Crippen molar-refractivity contribution in [2.24, 2.45) is 5.92 Å². The minimum Gasteiger partial charge on any atom is -0.481 e. The average molecular weight is 630 g/mol. The standard InChI is InChI=1S/C18H30N2O5.C8H10AsNO5/c1-3-15(4-2)25-16-10-13(18(22)23)9-14(11-16)19-17(21)12-20-5-7-24-8-6-20;1-5(11)10-6-2-3-7(8(12)4-6)9(13,14)15/h9,13,15-16H,3-8,10-12H2,1-2H3,(H,19,21)(H,22,23);2-4,12H,1H3,(H,10,11)(H2,13,14,15). The molecule has 3 rings (SSSR count). The van der Waals surface area contributed by atoms with Gasteiger partial charge in [-0.05, 0) is 19.3 Å². The van der Waals surface area contributed by atoms with E-state index in [1.165, 1.54) is 13.0 Å². The molecule has 0 spiro atoms. The van der Waals surface area contributed by atoms with Crippen molar-refractivity contribution in [3.05, 3.63) is 30.0 Å². The molecule has 1 heterocycles. The summed E-state index contributed by atoms with van der Waals surface area (Å²) < 4.78 is 39.6. The molecule has 1 aromatic carbocycles. The van der Waals surface area contributed by atoms with Crippen molar-refractivity contribution in [3.8, 4) is 5.75 Å². The molecule has 6 N–H and O–H groups in total. The molecule has 2 amide bonds. The molecule has 0 saturated carbocycles. The van der Waals surface area contributed by atoms with Gasteiger partial charge in [0.2, 0.25) is 5.91 Å². The molecule has 2 unspecified atom stereocenters. The van der Waals surface area contributed by atoms with Crippen molar-refractivity contribution < 1.29 is 46.0 Å². The van der Waals surface area contributed by atoms with Crippen LogP contribution in [-0.4, -0.2) is 100 Å². The van der Waals surface area contributed by atoms with E-state index >= 15 is 0 Å². The van der Waals surface area contributed by atoms with Gasteiger partial charge in [-0.15, -0.1) is 0 Å². The van der Waals surface area contributed by atoms with E-state index in [-0.39, 0.29) is 29.7 Å². The molecule has 1 aliphatic carbocycles. The number of ether oxygens (including phenoxy) is 2. The number of amides is 2. The molecule has 13 nitrogen and oxygen atoms in total. The van der Waals surface area contributed by atoms with Crippen molar-refractivity contribution in [1.29, 1.82) is 0 Å². The van der Waals surface area contributed by atoms with E-state index < -0.39 is 36.2 Å². The van der Waals surface area contributed by atoms with Crippen molar-refractivity contribution in [2.75, 3.05) is 38.2 Å². The molecular formula is C26H40AsN3O10. The Hall–Kier alpha value is -2.67. The quantitative estimate of drug-likeness (QED) is 0.195. The van der Waals surface area contributed by atoms with Gasteiger partial charge in [0.1, 0.15) is 0 Å². The number of carbonyl (C=O) groups is 3. The van der Waals surface area contributed by atoms with Gasteiger partial charge >= 0.3 is 94.1 Å². The first-order valence-electron chi connectivity index (χ1n) is 13.2. The number of aliphatic carboxylic acids is 1. The number of morpholine rings is 1. The average Bonchev–Trinajstić information content (AvgIpc) is 2.87. The summed E-state index contributed by atoms with van der Waals surface area (Å²) in [5.74, 6) is -2.46. The van der Waals surface area contributed by atoms with E-state index in [1.54, 1.807) is 6.08 Å². The largest absolute Gasteiger partial charge is 0.481 e. The van der Waals surface area contributed by atoms with Gasteiger partial charge in [0, 0.05) is 25.2 Å². The van der Waals surface area contributed by atoms with Crippen LogP contribution in [0.4, 0.5) is 5.69 Å². The smallest absolute Gasteiger partial charge is 0.310 e. The second-order valence-electron chi connectivity index (χ2n) is 9.64. The summed E-state index contributed by atoms with van der Waals surface area (Å²) in [4.78, 5) is 36.4. The van der Waals surface area contributed by atoms with Gasteiger partial charge in [-0.25, -0.2) is 0 Å². The predicted molar refractivity (Wildman–Crippen MR) is 146 cm³/mol. The first kappa shape index (κ1) is 33.5. The van der Waals surface area contributed by atoms with Gasteiger partial charge in [-0.3, -0.25) is 14.5 Å². The Morgan fingerprint density at radius 3 is 2.33 bits per heavy atom. The molecule has 224 valence electrons. The fraction of sp³-hybridized carbons (Fsp3) is 0.577. The van der Waals surface area contributed by atoms with E-state index in [2.05, 4.69) is 24.5 Å². The Morgan fingerprint density at radius 1 is 1.15 bits per heavy atom. The van der Waals surface area contributed by atoms with E-state index in [9.17, 15) is 28.3 Å². The fourth-order valence-corrected chi connectivity index (χ4v) is 5.67. The third-order valence-electron chi connectivity index (χ3n) is 6.36. The fourth-order valence-electron chi connectivity index (χ4n) is 4.34. The number of rotatable bonds is 10. The topological polar surface area (TPSA) is 195 Å². The maximum atomic E-state index is 12.3. The molecule has 0 aromatic heterocycles. The number of benzene rings is 1. The Labute approximate surface area is 236 Å². The normalized spacial score (nSPS) is 19.7. The van der Waals surface area contributed by atoms with Crippen LogP contribution < -0.4 is 15.0 Å². The number of aromatic hydroxyl groups is 1. The molecule has 0 radical (unpaired) electrons. The van der Waals surface area contributed by atoms with Crippen molar-refractivity contribution in [3.63, 3.8) is 0 Å². The summed E-state index contributed by atoms with van der Waals surface area (Å²) in [6.07, 6.45) is 4.41. The van der Waals surface area contributed by atoms with Gasteiger partial charge in [0.05, 0.1) is 37.9 Å². The van der Waals surface area contributed by atoms with Crippen molar-refractivity contribution in [1.82, 2.24) is 10.2 Å². The number of nitrogens with one attached hydrogen (secondary N) is 2. The number of phenols is 1. The summed E-state index contributed by atoms with van der Waals surface area (Å²) in [5, 5.41) is 24.0. The molecule has 2 atom stereocenters. The van der Waals surface area contributed by atoms with Gasteiger partial charge in [0.15, 0.2) is 0 Å². The van der Waals surface area contributed by atoms with Crippen molar-refractivity contribution >= 4 is 42.0 Å². The van der Waals surface area contributed by atoms with Crippen LogP contribution in [0, 0.1) is 5.92 Å². The van der Waals surface area contributed by atoms with E-state index in [0.29, 0.717) is 38.3 Å².